The molecule has 92 valence electrons. The van der Waals surface area contributed by atoms with Crippen LogP contribution in [-0.2, 0) is 9.59 Å². The first-order valence-corrected chi connectivity index (χ1v) is 5.65. The second-order valence-electron chi connectivity index (χ2n) is 4.38. The van der Waals surface area contributed by atoms with Crippen LogP contribution in [0.25, 0.3) is 0 Å². The highest BCUT2D eigenvalue weighted by molar-refractivity contribution is 5.80. The van der Waals surface area contributed by atoms with Crippen molar-refractivity contribution in [2.45, 2.75) is 25.7 Å². The van der Waals surface area contributed by atoms with Gasteiger partial charge in [-0.25, -0.2) is 0 Å². The lowest BCUT2D eigenvalue weighted by Gasteiger charge is -2.29. The second kappa shape index (κ2) is 5.84. The van der Waals surface area contributed by atoms with Crippen molar-refractivity contribution in [3.63, 3.8) is 0 Å². The Morgan fingerprint density at radius 1 is 1.31 bits per heavy atom. The minimum absolute atomic E-state index is 0.0417. The Balaban J connectivity index is 2.53. The molecule has 2 unspecified atom stereocenters. The standard InChI is InChI=1S/C11H19NO4/c1-12(5-6-13)10(14)8-3-2-4-9(7-8)11(15)16/h8-9,13H,2-7H2,1H3,(H,15,16). The summed E-state index contributed by atoms with van der Waals surface area (Å²) >= 11 is 0. The van der Waals surface area contributed by atoms with E-state index in [4.69, 9.17) is 10.2 Å². The van der Waals surface area contributed by atoms with E-state index in [1.807, 2.05) is 0 Å². The van der Waals surface area contributed by atoms with E-state index in [0.717, 1.165) is 12.8 Å². The van der Waals surface area contributed by atoms with Crippen molar-refractivity contribution in [3.8, 4) is 0 Å². The van der Waals surface area contributed by atoms with Gasteiger partial charge in [-0.15, -0.1) is 0 Å². The van der Waals surface area contributed by atoms with Gasteiger partial charge in [-0.05, 0) is 19.3 Å². The maximum Gasteiger partial charge on any atom is 0.306 e. The van der Waals surface area contributed by atoms with Gasteiger partial charge in [0.25, 0.3) is 0 Å². The Bertz CT molecular complexity index is 267. The highest BCUT2D eigenvalue weighted by Crippen LogP contribution is 2.30. The summed E-state index contributed by atoms with van der Waals surface area (Å²) in [5, 5.41) is 17.7. The molecule has 2 atom stereocenters. The van der Waals surface area contributed by atoms with E-state index in [1.165, 1.54) is 4.90 Å². The number of aliphatic carboxylic acids is 1. The number of hydrogen-bond acceptors (Lipinski definition) is 3. The van der Waals surface area contributed by atoms with Gasteiger partial charge in [0.15, 0.2) is 0 Å². The molecular weight excluding hydrogens is 210 g/mol. The van der Waals surface area contributed by atoms with Crippen molar-refractivity contribution < 1.29 is 19.8 Å². The number of aliphatic hydroxyl groups excluding tert-OH is 1. The average Bonchev–Trinajstić information content (AvgIpc) is 2.28. The molecule has 1 rings (SSSR count). The molecule has 0 bridgehead atoms. The van der Waals surface area contributed by atoms with Crippen LogP contribution >= 0.6 is 0 Å². The van der Waals surface area contributed by atoms with Gasteiger partial charge in [-0.3, -0.25) is 9.59 Å². The number of hydrogen-bond donors (Lipinski definition) is 2. The van der Waals surface area contributed by atoms with Crippen LogP contribution in [0.4, 0.5) is 0 Å². The van der Waals surface area contributed by atoms with Gasteiger partial charge >= 0.3 is 5.97 Å². The maximum absolute atomic E-state index is 11.9. The molecule has 1 fully saturated rings. The Labute approximate surface area is 95.1 Å². The first kappa shape index (κ1) is 13.0. The molecule has 16 heavy (non-hydrogen) atoms. The number of carboxylic acids is 1. The third-order valence-corrected chi connectivity index (χ3v) is 3.18. The number of aliphatic hydroxyl groups is 1. The largest absolute Gasteiger partial charge is 0.481 e. The zero-order valence-electron chi connectivity index (χ0n) is 9.56. The maximum atomic E-state index is 11.9. The predicted octanol–water partition coefficient (Wildman–Crippen LogP) is 0.328. The minimum atomic E-state index is -0.803. The van der Waals surface area contributed by atoms with Gasteiger partial charge in [-0.2, -0.15) is 0 Å². The molecule has 0 aromatic rings. The van der Waals surface area contributed by atoms with Crippen molar-refractivity contribution in [1.29, 1.82) is 0 Å². The summed E-state index contributed by atoms with van der Waals surface area (Å²) in [6.07, 6.45) is 2.66. The van der Waals surface area contributed by atoms with Crippen LogP contribution in [0.5, 0.6) is 0 Å². The van der Waals surface area contributed by atoms with Crippen LogP contribution in [0.3, 0.4) is 0 Å². The Hall–Kier alpha value is -1.10. The number of carboxylic acid groups (broad SMARTS) is 1. The van der Waals surface area contributed by atoms with Crippen molar-refractivity contribution in [1.82, 2.24) is 4.90 Å². The van der Waals surface area contributed by atoms with Gasteiger partial charge in [0.1, 0.15) is 0 Å². The van der Waals surface area contributed by atoms with Gasteiger partial charge < -0.3 is 15.1 Å². The average molecular weight is 229 g/mol. The molecule has 0 radical (unpaired) electrons. The lowest BCUT2D eigenvalue weighted by molar-refractivity contribution is -0.145. The quantitative estimate of drug-likeness (QED) is 0.728. The molecule has 1 aliphatic rings. The van der Waals surface area contributed by atoms with Gasteiger partial charge in [0.05, 0.1) is 12.5 Å². The van der Waals surface area contributed by atoms with Crippen molar-refractivity contribution >= 4 is 11.9 Å². The molecule has 0 spiro atoms. The van der Waals surface area contributed by atoms with E-state index in [2.05, 4.69) is 0 Å². The first-order valence-electron chi connectivity index (χ1n) is 5.65. The number of amides is 1. The number of carbonyl (C=O) groups is 2. The van der Waals surface area contributed by atoms with Crippen molar-refractivity contribution in [3.05, 3.63) is 0 Å². The monoisotopic (exact) mass is 229 g/mol. The molecule has 5 nitrogen and oxygen atoms in total. The summed E-state index contributed by atoms with van der Waals surface area (Å²) in [5.41, 5.74) is 0. The molecule has 1 aliphatic carbocycles. The number of likely N-dealkylation sites (N-methyl/N-ethyl adjacent to an activating group) is 1. The fraction of sp³-hybridized carbons (Fsp3) is 0.818. The summed E-state index contributed by atoms with van der Waals surface area (Å²) in [6, 6.07) is 0. The summed E-state index contributed by atoms with van der Waals surface area (Å²) in [6.45, 7) is 0.254. The molecular formula is C11H19NO4. The zero-order valence-corrected chi connectivity index (χ0v) is 9.56. The Morgan fingerprint density at radius 3 is 2.50 bits per heavy atom. The SMILES string of the molecule is CN(CCO)C(=O)C1CCCC(C(=O)O)C1. The van der Waals surface area contributed by atoms with Crippen molar-refractivity contribution in [2.75, 3.05) is 20.2 Å². The molecule has 0 heterocycles. The molecule has 1 saturated carbocycles. The van der Waals surface area contributed by atoms with Crippen LogP contribution < -0.4 is 0 Å². The lowest BCUT2D eigenvalue weighted by atomic mass is 9.81. The number of nitrogens with zero attached hydrogens (tertiary/aromatic N) is 1. The normalized spacial score (nSPS) is 25.1. The smallest absolute Gasteiger partial charge is 0.306 e. The second-order valence-corrected chi connectivity index (χ2v) is 4.38. The fourth-order valence-corrected chi connectivity index (χ4v) is 2.21. The number of carbonyl (C=O) groups excluding carboxylic acids is 1. The highest BCUT2D eigenvalue weighted by atomic mass is 16.4. The van der Waals surface area contributed by atoms with Crippen LogP contribution in [0.1, 0.15) is 25.7 Å². The molecule has 5 heteroatoms. The van der Waals surface area contributed by atoms with E-state index in [9.17, 15) is 9.59 Å². The molecule has 1 amide bonds. The van der Waals surface area contributed by atoms with Crippen LogP contribution in [0.2, 0.25) is 0 Å². The summed E-state index contributed by atoms with van der Waals surface area (Å²) in [5.74, 6) is -1.42. The third-order valence-electron chi connectivity index (χ3n) is 3.18. The molecule has 0 aromatic carbocycles. The van der Waals surface area contributed by atoms with Crippen LogP contribution in [0, 0.1) is 11.8 Å². The van der Waals surface area contributed by atoms with Crippen molar-refractivity contribution in [2.24, 2.45) is 11.8 Å². The summed E-state index contributed by atoms with van der Waals surface area (Å²) < 4.78 is 0. The van der Waals surface area contributed by atoms with E-state index < -0.39 is 5.97 Å². The van der Waals surface area contributed by atoms with Crippen LogP contribution in [0.15, 0.2) is 0 Å². The number of rotatable bonds is 4. The van der Waals surface area contributed by atoms with E-state index >= 15 is 0 Å². The van der Waals surface area contributed by atoms with E-state index in [-0.39, 0.29) is 24.3 Å². The van der Waals surface area contributed by atoms with Crippen LogP contribution in [-0.4, -0.2) is 47.2 Å². The summed E-state index contributed by atoms with van der Waals surface area (Å²) in [7, 11) is 1.64. The lowest BCUT2D eigenvalue weighted by Crippen LogP contribution is -2.38. The van der Waals surface area contributed by atoms with E-state index in [0.29, 0.717) is 19.4 Å². The summed E-state index contributed by atoms with van der Waals surface area (Å²) in [4.78, 5) is 24.2. The topological polar surface area (TPSA) is 77.8 Å². The zero-order chi connectivity index (χ0) is 12.1. The Kier molecular flexibility index (Phi) is 4.73. The fourth-order valence-electron chi connectivity index (χ4n) is 2.21. The van der Waals surface area contributed by atoms with Gasteiger partial charge in [0, 0.05) is 19.5 Å². The molecule has 0 aliphatic heterocycles. The van der Waals surface area contributed by atoms with Gasteiger partial charge in [0.2, 0.25) is 5.91 Å². The molecule has 0 saturated heterocycles. The highest BCUT2D eigenvalue weighted by Gasteiger charge is 2.32. The predicted molar refractivity (Wildman–Crippen MR) is 57.8 cm³/mol. The molecule has 0 aromatic heterocycles. The minimum Gasteiger partial charge on any atom is -0.481 e. The first-order chi connectivity index (χ1) is 7.56. The molecule has 2 N–H and O–H groups in total. The Morgan fingerprint density at radius 2 is 1.94 bits per heavy atom. The van der Waals surface area contributed by atoms with E-state index in [1.54, 1.807) is 7.05 Å². The third kappa shape index (κ3) is 3.20. The van der Waals surface area contributed by atoms with Gasteiger partial charge in [-0.1, -0.05) is 6.42 Å².